The fraction of sp³-hybridized carbons (Fsp3) is 0.333. The van der Waals surface area contributed by atoms with Crippen LogP contribution in [0.3, 0.4) is 0 Å². The second kappa shape index (κ2) is 6.63. The van der Waals surface area contributed by atoms with Crippen molar-refractivity contribution in [1.82, 2.24) is 10.3 Å². The Hall–Kier alpha value is -1.72. The third kappa shape index (κ3) is 3.65. The average Bonchev–Trinajstić information content (AvgIpc) is 2.90. The molecule has 5 heteroatoms. The van der Waals surface area contributed by atoms with Crippen LogP contribution in [0.1, 0.15) is 33.5 Å². The van der Waals surface area contributed by atoms with E-state index in [1.165, 1.54) is 22.5 Å². The molecule has 2 rings (SSSR count). The van der Waals surface area contributed by atoms with Crippen LogP contribution in [0.4, 0.5) is 0 Å². The Labute approximate surface area is 123 Å². The van der Waals surface area contributed by atoms with Gasteiger partial charge in [0.15, 0.2) is 0 Å². The van der Waals surface area contributed by atoms with Crippen LogP contribution in [0.25, 0.3) is 0 Å². The van der Waals surface area contributed by atoms with Gasteiger partial charge in [-0.1, -0.05) is 24.3 Å². The molecule has 1 aromatic heterocycles. The molecule has 106 valence electrons. The number of carbonyl (C=O) groups excluding carboxylic acids is 1. The lowest BCUT2D eigenvalue weighted by Gasteiger charge is -2.14. The minimum Gasteiger partial charge on any atom is -0.348 e. The summed E-state index contributed by atoms with van der Waals surface area (Å²) in [4.78, 5) is 16.2. The molecule has 0 saturated heterocycles. The molecular formula is C15H19N3OS. The highest BCUT2D eigenvalue weighted by molar-refractivity contribution is 7.09. The second-order valence-corrected chi connectivity index (χ2v) is 5.78. The molecule has 0 aliphatic heterocycles. The number of carbonyl (C=O) groups is 1. The van der Waals surface area contributed by atoms with E-state index in [9.17, 15) is 4.79 Å². The third-order valence-electron chi connectivity index (χ3n) is 3.12. The number of thiazole rings is 1. The molecule has 0 radical (unpaired) electrons. The summed E-state index contributed by atoms with van der Waals surface area (Å²) in [5.41, 5.74) is 8.44. The summed E-state index contributed by atoms with van der Waals surface area (Å²) in [5, 5.41) is 5.50. The molecule has 1 amide bonds. The summed E-state index contributed by atoms with van der Waals surface area (Å²) in [6, 6.07) is 8.27. The highest BCUT2D eigenvalue weighted by Crippen LogP contribution is 2.11. The van der Waals surface area contributed by atoms with Gasteiger partial charge in [0.25, 0.3) is 5.91 Å². The van der Waals surface area contributed by atoms with E-state index in [1.807, 2.05) is 19.1 Å². The first-order valence-corrected chi connectivity index (χ1v) is 7.48. The quantitative estimate of drug-likeness (QED) is 0.887. The van der Waals surface area contributed by atoms with E-state index in [0.717, 1.165) is 11.4 Å². The van der Waals surface area contributed by atoms with Crippen LogP contribution in [0.15, 0.2) is 29.6 Å². The highest BCUT2D eigenvalue weighted by Gasteiger charge is 2.13. The van der Waals surface area contributed by atoms with Crippen LogP contribution in [-0.4, -0.2) is 16.9 Å². The summed E-state index contributed by atoms with van der Waals surface area (Å²) >= 11 is 1.41. The van der Waals surface area contributed by atoms with E-state index in [2.05, 4.69) is 29.4 Å². The molecule has 0 aliphatic carbocycles. The van der Waals surface area contributed by atoms with Gasteiger partial charge in [0.1, 0.15) is 10.7 Å². The standard InChI is InChI=1S/C15H19N3OS/c1-10-5-3-4-6-12(10)7-11(2)17-15(19)13-9-20-14(8-16)18-13/h3-6,9,11H,7-8,16H2,1-2H3,(H,17,19). The molecule has 2 aromatic rings. The number of aryl methyl sites for hydroxylation is 1. The molecule has 1 aromatic carbocycles. The molecule has 0 spiro atoms. The second-order valence-electron chi connectivity index (χ2n) is 4.84. The number of benzene rings is 1. The lowest BCUT2D eigenvalue weighted by Crippen LogP contribution is -2.34. The van der Waals surface area contributed by atoms with Crippen molar-refractivity contribution in [2.75, 3.05) is 0 Å². The largest absolute Gasteiger partial charge is 0.348 e. The lowest BCUT2D eigenvalue weighted by atomic mass is 10.0. The number of rotatable bonds is 5. The van der Waals surface area contributed by atoms with E-state index in [4.69, 9.17) is 5.73 Å². The van der Waals surface area contributed by atoms with Crippen molar-refractivity contribution in [1.29, 1.82) is 0 Å². The first-order chi connectivity index (χ1) is 9.60. The maximum atomic E-state index is 12.1. The van der Waals surface area contributed by atoms with Crippen molar-refractivity contribution in [2.45, 2.75) is 32.9 Å². The van der Waals surface area contributed by atoms with Crippen LogP contribution >= 0.6 is 11.3 Å². The topological polar surface area (TPSA) is 68.0 Å². The van der Waals surface area contributed by atoms with Gasteiger partial charge in [0.2, 0.25) is 0 Å². The van der Waals surface area contributed by atoms with Crippen molar-refractivity contribution >= 4 is 17.2 Å². The smallest absolute Gasteiger partial charge is 0.270 e. The van der Waals surface area contributed by atoms with Crippen LogP contribution < -0.4 is 11.1 Å². The fourth-order valence-corrected chi connectivity index (χ4v) is 2.68. The maximum Gasteiger partial charge on any atom is 0.270 e. The Morgan fingerprint density at radius 2 is 2.20 bits per heavy atom. The SMILES string of the molecule is Cc1ccccc1CC(C)NC(=O)c1csc(CN)n1. The number of nitrogens with zero attached hydrogens (tertiary/aromatic N) is 1. The molecule has 0 aliphatic rings. The molecule has 0 fully saturated rings. The molecule has 1 heterocycles. The van der Waals surface area contributed by atoms with Crippen molar-refractivity contribution in [3.05, 3.63) is 51.5 Å². The Morgan fingerprint density at radius 1 is 1.45 bits per heavy atom. The first-order valence-electron chi connectivity index (χ1n) is 6.60. The fourth-order valence-electron chi connectivity index (χ4n) is 2.03. The zero-order chi connectivity index (χ0) is 14.5. The van der Waals surface area contributed by atoms with Gasteiger partial charge in [-0.3, -0.25) is 4.79 Å². The lowest BCUT2D eigenvalue weighted by molar-refractivity contribution is 0.0935. The van der Waals surface area contributed by atoms with Crippen molar-refractivity contribution in [3.8, 4) is 0 Å². The summed E-state index contributed by atoms with van der Waals surface area (Å²) < 4.78 is 0. The summed E-state index contributed by atoms with van der Waals surface area (Å²) in [7, 11) is 0. The number of amides is 1. The Bertz CT molecular complexity index is 594. The summed E-state index contributed by atoms with van der Waals surface area (Å²) in [5.74, 6) is -0.137. The van der Waals surface area contributed by atoms with E-state index in [1.54, 1.807) is 5.38 Å². The molecule has 3 N–H and O–H groups in total. The van der Waals surface area contributed by atoms with Gasteiger partial charge in [-0.25, -0.2) is 4.98 Å². The molecule has 0 saturated carbocycles. The highest BCUT2D eigenvalue weighted by atomic mass is 32.1. The Morgan fingerprint density at radius 3 is 2.85 bits per heavy atom. The van der Waals surface area contributed by atoms with Crippen molar-refractivity contribution < 1.29 is 4.79 Å². The maximum absolute atomic E-state index is 12.1. The van der Waals surface area contributed by atoms with Gasteiger partial charge in [-0.15, -0.1) is 11.3 Å². The van der Waals surface area contributed by atoms with Crippen LogP contribution in [0.5, 0.6) is 0 Å². The monoisotopic (exact) mass is 289 g/mol. The van der Waals surface area contributed by atoms with Gasteiger partial charge in [0.05, 0.1) is 0 Å². The zero-order valence-corrected chi connectivity index (χ0v) is 12.5. The number of nitrogens with two attached hydrogens (primary N) is 1. The van der Waals surface area contributed by atoms with Gasteiger partial charge in [-0.2, -0.15) is 0 Å². The Balaban J connectivity index is 1.96. The molecule has 0 bridgehead atoms. The predicted octanol–water partition coefficient (Wildman–Crippen LogP) is 2.27. The van der Waals surface area contributed by atoms with E-state index < -0.39 is 0 Å². The minimum absolute atomic E-state index is 0.0617. The number of hydrogen-bond acceptors (Lipinski definition) is 4. The van der Waals surface area contributed by atoms with Crippen LogP contribution in [0, 0.1) is 6.92 Å². The van der Waals surface area contributed by atoms with Gasteiger partial charge >= 0.3 is 0 Å². The van der Waals surface area contributed by atoms with Crippen LogP contribution in [-0.2, 0) is 13.0 Å². The number of nitrogens with one attached hydrogen (secondary N) is 1. The van der Waals surface area contributed by atoms with E-state index >= 15 is 0 Å². The van der Waals surface area contributed by atoms with Crippen molar-refractivity contribution in [2.24, 2.45) is 5.73 Å². The van der Waals surface area contributed by atoms with Gasteiger partial charge in [-0.05, 0) is 31.4 Å². The average molecular weight is 289 g/mol. The number of aromatic nitrogens is 1. The van der Waals surface area contributed by atoms with E-state index in [-0.39, 0.29) is 11.9 Å². The third-order valence-corrected chi connectivity index (χ3v) is 3.99. The molecule has 1 unspecified atom stereocenters. The molecular weight excluding hydrogens is 270 g/mol. The minimum atomic E-state index is -0.137. The molecule has 20 heavy (non-hydrogen) atoms. The normalized spacial score (nSPS) is 12.2. The first kappa shape index (κ1) is 14.7. The summed E-state index contributed by atoms with van der Waals surface area (Å²) in [6.07, 6.45) is 0.812. The molecule has 4 nitrogen and oxygen atoms in total. The number of hydrogen-bond donors (Lipinski definition) is 2. The zero-order valence-electron chi connectivity index (χ0n) is 11.7. The summed E-state index contributed by atoms with van der Waals surface area (Å²) in [6.45, 7) is 4.45. The predicted molar refractivity (Wildman–Crippen MR) is 81.8 cm³/mol. The van der Waals surface area contributed by atoms with Gasteiger partial charge < -0.3 is 11.1 Å². The van der Waals surface area contributed by atoms with Crippen LogP contribution in [0.2, 0.25) is 0 Å². The van der Waals surface area contributed by atoms with E-state index in [0.29, 0.717) is 12.2 Å². The Kier molecular flexibility index (Phi) is 4.87. The van der Waals surface area contributed by atoms with Crippen molar-refractivity contribution in [3.63, 3.8) is 0 Å². The molecule has 1 atom stereocenters. The van der Waals surface area contributed by atoms with Gasteiger partial charge in [0, 0.05) is 18.0 Å².